The summed E-state index contributed by atoms with van der Waals surface area (Å²) in [7, 11) is 3.23. The van der Waals surface area contributed by atoms with E-state index in [9.17, 15) is 0 Å². The average molecular weight is 223 g/mol. The van der Waals surface area contributed by atoms with Crippen LogP contribution in [0.1, 0.15) is 38.1 Å². The van der Waals surface area contributed by atoms with Gasteiger partial charge in [0.15, 0.2) is 0 Å². The lowest BCUT2D eigenvalue weighted by Gasteiger charge is -2.22. The second kappa shape index (κ2) is 4.85. The molecule has 0 bridgehead atoms. The van der Waals surface area contributed by atoms with E-state index >= 15 is 0 Å². The Morgan fingerprint density at radius 3 is 2.25 bits per heavy atom. The smallest absolute Gasteiger partial charge is 0.135 e. The Labute approximate surface area is 97.6 Å². The summed E-state index contributed by atoms with van der Waals surface area (Å²) in [6, 6.07) is 6.05. The van der Waals surface area contributed by atoms with Crippen molar-refractivity contribution in [1.82, 2.24) is 0 Å². The molecule has 0 aliphatic carbocycles. The van der Waals surface area contributed by atoms with Crippen LogP contribution in [0, 0.1) is 0 Å². The molecule has 1 aromatic carbocycles. The predicted molar refractivity (Wildman–Crippen MR) is 65.6 cm³/mol. The van der Waals surface area contributed by atoms with Gasteiger partial charge in [-0.2, -0.15) is 0 Å². The van der Waals surface area contributed by atoms with Crippen LogP contribution in [0.15, 0.2) is 18.2 Å². The first-order chi connectivity index (χ1) is 7.40. The molecule has 1 unspecified atom stereocenters. The minimum absolute atomic E-state index is 0.0917. The van der Waals surface area contributed by atoms with Gasteiger partial charge in [-0.3, -0.25) is 0 Å². The highest BCUT2D eigenvalue weighted by molar-refractivity contribution is 5.40. The largest absolute Gasteiger partial charge is 0.496 e. The molecule has 1 aromatic rings. The highest BCUT2D eigenvalue weighted by Crippen LogP contribution is 2.30. The summed E-state index contributed by atoms with van der Waals surface area (Å²) in [5.41, 5.74) is 8.08. The third kappa shape index (κ3) is 2.74. The first-order valence-corrected chi connectivity index (χ1v) is 5.37. The highest BCUT2D eigenvalue weighted by Gasteiger charge is 2.18. The summed E-state index contributed by atoms with van der Waals surface area (Å²) in [6.45, 7) is 6.49. The molecule has 0 spiro atoms. The van der Waals surface area contributed by atoms with E-state index in [0.717, 1.165) is 11.3 Å². The SMILES string of the molecule is COc1ccc(C(C)(C)C)cc1C(N)OC. The fourth-order valence-electron chi connectivity index (χ4n) is 1.55. The zero-order chi connectivity index (χ0) is 12.3. The summed E-state index contributed by atoms with van der Waals surface area (Å²) in [5.74, 6) is 0.766. The minimum Gasteiger partial charge on any atom is -0.496 e. The summed E-state index contributed by atoms with van der Waals surface area (Å²) >= 11 is 0. The van der Waals surface area contributed by atoms with Gasteiger partial charge >= 0.3 is 0 Å². The summed E-state index contributed by atoms with van der Waals surface area (Å²) in [5, 5.41) is 0. The number of hydrogen-bond acceptors (Lipinski definition) is 3. The molecule has 1 rings (SSSR count). The molecular formula is C13H21NO2. The molecule has 0 radical (unpaired) electrons. The quantitative estimate of drug-likeness (QED) is 0.801. The topological polar surface area (TPSA) is 44.5 Å². The molecule has 0 saturated heterocycles. The van der Waals surface area contributed by atoms with Crippen molar-refractivity contribution >= 4 is 0 Å². The molecule has 0 aromatic heterocycles. The van der Waals surface area contributed by atoms with Gasteiger partial charge in [0, 0.05) is 12.7 Å². The van der Waals surface area contributed by atoms with Gasteiger partial charge in [-0.1, -0.05) is 26.8 Å². The fourth-order valence-corrected chi connectivity index (χ4v) is 1.55. The van der Waals surface area contributed by atoms with E-state index in [4.69, 9.17) is 15.2 Å². The molecule has 3 nitrogen and oxygen atoms in total. The summed E-state index contributed by atoms with van der Waals surface area (Å²) < 4.78 is 10.4. The minimum atomic E-state index is -0.447. The average Bonchev–Trinajstić information content (AvgIpc) is 2.25. The number of ether oxygens (including phenoxy) is 2. The number of methoxy groups -OCH3 is 2. The van der Waals surface area contributed by atoms with Crippen LogP contribution in [0.2, 0.25) is 0 Å². The molecule has 0 saturated carbocycles. The predicted octanol–water partition coefficient (Wildman–Crippen LogP) is 2.60. The third-order valence-electron chi connectivity index (χ3n) is 2.66. The van der Waals surface area contributed by atoms with E-state index in [1.165, 1.54) is 5.56 Å². The van der Waals surface area contributed by atoms with Crippen molar-refractivity contribution in [3.8, 4) is 5.75 Å². The van der Waals surface area contributed by atoms with E-state index in [1.807, 2.05) is 12.1 Å². The zero-order valence-corrected chi connectivity index (χ0v) is 10.7. The van der Waals surface area contributed by atoms with Crippen molar-refractivity contribution in [1.29, 1.82) is 0 Å². The first-order valence-electron chi connectivity index (χ1n) is 5.37. The van der Waals surface area contributed by atoms with Crippen molar-refractivity contribution < 1.29 is 9.47 Å². The van der Waals surface area contributed by atoms with E-state index < -0.39 is 6.23 Å². The number of rotatable bonds is 3. The number of hydrogen-bond donors (Lipinski definition) is 1. The molecule has 3 heteroatoms. The second-order valence-corrected chi connectivity index (χ2v) is 4.86. The zero-order valence-electron chi connectivity index (χ0n) is 10.7. The Hall–Kier alpha value is -1.06. The van der Waals surface area contributed by atoms with Crippen LogP contribution in [0.4, 0.5) is 0 Å². The monoisotopic (exact) mass is 223 g/mol. The van der Waals surface area contributed by atoms with Gasteiger partial charge in [-0.05, 0) is 23.1 Å². The van der Waals surface area contributed by atoms with Crippen molar-refractivity contribution in [3.63, 3.8) is 0 Å². The molecule has 0 heterocycles. The second-order valence-electron chi connectivity index (χ2n) is 4.86. The van der Waals surface area contributed by atoms with Crippen LogP contribution < -0.4 is 10.5 Å². The maximum atomic E-state index is 5.88. The maximum absolute atomic E-state index is 5.88. The molecule has 0 aliphatic rings. The van der Waals surface area contributed by atoms with Gasteiger partial charge in [-0.15, -0.1) is 0 Å². The first kappa shape index (κ1) is 13.0. The van der Waals surface area contributed by atoms with Crippen LogP contribution in [0.25, 0.3) is 0 Å². The van der Waals surface area contributed by atoms with Gasteiger partial charge in [0.25, 0.3) is 0 Å². The van der Waals surface area contributed by atoms with Crippen LogP contribution in [-0.4, -0.2) is 14.2 Å². The molecule has 1 atom stereocenters. The third-order valence-corrected chi connectivity index (χ3v) is 2.66. The maximum Gasteiger partial charge on any atom is 0.135 e. The summed E-state index contributed by atoms with van der Waals surface area (Å²) in [4.78, 5) is 0. The van der Waals surface area contributed by atoms with E-state index in [1.54, 1.807) is 14.2 Å². The fraction of sp³-hybridized carbons (Fsp3) is 0.538. The molecule has 2 N–H and O–H groups in total. The standard InChI is InChI=1S/C13H21NO2/c1-13(2,3)9-6-7-11(15-4)10(8-9)12(14)16-5/h6-8,12H,14H2,1-5H3. The van der Waals surface area contributed by atoms with Gasteiger partial charge in [0.1, 0.15) is 12.0 Å². The Morgan fingerprint density at radius 1 is 1.19 bits per heavy atom. The van der Waals surface area contributed by atoms with E-state index in [2.05, 4.69) is 26.8 Å². The molecule has 90 valence electrons. The van der Waals surface area contributed by atoms with Crippen molar-refractivity contribution in [2.45, 2.75) is 32.4 Å². The van der Waals surface area contributed by atoms with Gasteiger partial charge in [-0.25, -0.2) is 0 Å². The van der Waals surface area contributed by atoms with E-state index in [0.29, 0.717) is 0 Å². The molecular weight excluding hydrogens is 202 g/mol. The Kier molecular flexibility index (Phi) is 3.94. The van der Waals surface area contributed by atoms with Crippen LogP contribution in [0.5, 0.6) is 5.75 Å². The summed E-state index contributed by atoms with van der Waals surface area (Å²) in [6.07, 6.45) is -0.447. The van der Waals surface area contributed by atoms with Gasteiger partial charge in [0.2, 0.25) is 0 Å². The van der Waals surface area contributed by atoms with Crippen molar-refractivity contribution in [3.05, 3.63) is 29.3 Å². The van der Waals surface area contributed by atoms with Crippen molar-refractivity contribution in [2.75, 3.05) is 14.2 Å². The molecule has 0 aliphatic heterocycles. The van der Waals surface area contributed by atoms with Gasteiger partial charge < -0.3 is 15.2 Å². The molecule has 16 heavy (non-hydrogen) atoms. The van der Waals surface area contributed by atoms with Gasteiger partial charge in [0.05, 0.1) is 7.11 Å². The van der Waals surface area contributed by atoms with Crippen LogP contribution >= 0.6 is 0 Å². The van der Waals surface area contributed by atoms with E-state index in [-0.39, 0.29) is 5.41 Å². The van der Waals surface area contributed by atoms with Crippen LogP contribution in [-0.2, 0) is 10.2 Å². The number of benzene rings is 1. The Morgan fingerprint density at radius 2 is 1.81 bits per heavy atom. The lowest BCUT2D eigenvalue weighted by Crippen LogP contribution is -2.16. The van der Waals surface area contributed by atoms with Crippen LogP contribution in [0.3, 0.4) is 0 Å². The lowest BCUT2D eigenvalue weighted by atomic mass is 9.86. The number of nitrogens with two attached hydrogens (primary N) is 1. The molecule has 0 amide bonds. The van der Waals surface area contributed by atoms with Crippen molar-refractivity contribution in [2.24, 2.45) is 5.73 Å². The molecule has 0 fully saturated rings. The highest BCUT2D eigenvalue weighted by atomic mass is 16.5. The Bertz CT molecular complexity index is 355. The lowest BCUT2D eigenvalue weighted by molar-refractivity contribution is 0.106. The Balaban J connectivity index is 3.21. The normalized spacial score (nSPS) is 13.6.